The van der Waals surface area contributed by atoms with Crippen molar-refractivity contribution in [2.24, 2.45) is 0 Å². The van der Waals surface area contributed by atoms with E-state index < -0.39 is 27.9 Å². The van der Waals surface area contributed by atoms with Gasteiger partial charge in [-0.05, 0) is 47.0 Å². The van der Waals surface area contributed by atoms with E-state index in [1.165, 1.54) is 12.1 Å². The van der Waals surface area contributed by atoms with Gasteiger partial charge in [-0.15, -0.1) is 0 Å². The minimum atomic E-state index is -3.98. The first-order valence-electron chi connectivity index (χ1n) is 5.54. The minimum Gasteiger partial charge on any atom is -0.480 e. The first kappa shape index (κ1) is 14.4. The molecule has 1 aromatic carbocycles. The van der Waals surface area contributed by atoms with Gasteiger partial charge >= 0.3 is 5.97 Å². The van der Waals surface area contributed by atoms with Crippen LogP contribution in [-0.2, 0) is 14.8 Å². The Balaban J connectivity index is 2.42. The van der Waals surface area contributed by atoms with E-state index in [0.29, 0.717) is 6.42 Å². The molecule has 5 nitrogen and oxygen atoms in total. The normalized spacial score (nSPS) is 20.6. The number of hydrogen-bond donors (Lipinski definition) is 1. The van der Waals surface area contributed by atoms with Gasteiger partial charge in [0.25, 0.3) is 0 Å². The number of carbonyl (C=O) groups is 1. The average molecular weight is 352 g/mol. The molecule has 1 fully saturated rings. The average Bonchev–Trinajstić information content (AvgIpc) is 2.82. The monoisotopic (exact) mass is 351 g/mol. The highest BCUT2D eigenvalue weighted by molar-refractivity contribution is 9.10. The fourth-order valence-electron chi connectivity index (χ4n) is 2.05. The summed E-state index contributed by atoms with van der Waals surface area (Å²) < 4.78 is 39.1. The summed E-state index contributed by atoms with van der Waals surface area (Å²) in [6.45, 7) is 0.136. The van der Waals surface area contributed by atoms with E-state index in [-0.39, 0.29) is 22.3 Å². The molecule has 1 unspecified atom stereocenters. The summed E-state index contributed by atoms with van der Waals surface area (Å²) in [6, 6.07) is 2.35. The van der Waals surface area contributed by atoms with Crippen molar-refractivity contribution in [3.63, 3.8) is 0 Å². The molecule has 104 valence electrons. The third-order valence-corrected chi connectivity index (χ3v) is 5.53. The number of nitrogens with zero attached hydrogens (tertiary/aromatic N) is 1. The van der Waals surface area contributed by atoms with Gasteiger partial charge in [-0.25, -0.2) is 12.8 Å². The third-order valence-electron chi connectivity index (χ3n) is 2.99. The highest BCUT2D eigenvalue weighted by Gasteiger charge is 2.39. The quantitative estimate of drug-likeness (QED) is 0.901. The molecule has 0 aliphatic carbocycles. The van der Waals surface area contributed by atoms with Gasteiger partial charge in [0.05, 0.1) is 9.37 Å². The lowest BCUT2D eigenvalue weighted by Gasteiger charge is -2.21. The predicted octanol–water partition coefficient (Wildman–Crippen LogP) is 1.83. The molecule has 19 heavy (non-hydrogen) atoms. The summed E-state index contributed by atoms with van der Waals surface area (Å²) in [5.74, 6) is -1.88. The van der Waals surface area contributed by atoms with Gasteiger partial charge in [0, 0.05) is 6.54 Å². The molecular weight excluding hydrogens is 341 g/mol. The number of hydrogen-bond acceptors (Lipinski definition) is 3. The molecule has 2 rings (SSSR count). The second-order valence-electron chi connectivity index (χ2n) is 4.19. The molecule has 1 aliphatic heterocycles. The Morgan fingerprint density at radius 1 is 1.47 bits per heavy atom. The van der Waals surface area contributed by atoms with Crippen LogP contribution in [0, 0.1) is 5.82 Å². The minimum absolute atomic E-state index is 0.136. The van der Waals surface area contributed by atoms with Crippen molar-refractivity contribution >= 4 is 31.9 Å². The van der Waals surface area contributed by atoms with Crippen molar-refractivity contribution in [2.75, 3.05) is 6.54 Å². The van der Waals surface area contributed by atoms with Crippen LogP contribution in [0.25, 0.3) is 0 Å². The molecule has 0 aromatic heterocycles. The van der Waals surface area contributed by atoms with E-state index in [1.807, 2.05) is 0 Å². The van der Waals surface area contributed by atoms with E-state index in [2.05, 4.69) is 15.9 Å². The van der Waals surface area contributed by atoms with Crippen molar-refractivity contribution in [1.82, 2.24) is 4.31 Å². The summed E-state index contributed by atoms with van der Waals surface area (Å²) in [6.07, 6.45) is 0.753. The standard InChI is InChI=1S/C11H11BrFNO4S/c12-8-4-3-7(6-9(8)13)19(17,18)14-5-1-2-10(14)11(15)16/h3-4,6,10H,1-2,5H2,(H,15,16). The Hall–Kier alpha value is -0.990. The molecule has 0 bridgehead atoms. The van der Waals surface area contributed by atoms with Crippen LogP contribution < -0.4 is 0 Å². The Bertz CT molecular complexity index is 619. The van der Waals surface area contributed by atoms with Gasteiger partial charge in [0.15, 0.2) is 0 Å². The predicted molar refractivity (Wildman–Crippen MR) is 68.6 cm³/mol. The molecule has 1 heterocycles. The molecule has 0 radical (unpaired) electrons. The van der Waals surface area contributed by atoms with Crippen LogP contribution in [0.4, 0.5) is 4.39 Å². The zero-order valence-electron chi connectivity index (χ0n) is 9.71. The molecule has 1 aromatic rings. The van der Waals surface area contributed by atoms with Crippen LogP contribution in [0.3, 0.4) is 0 Å². The van der Waals surface area contributed by atoms with Crippen LogP contribution in [-0.4, -0.2) is 36.4 Å². The van der Waals surface area contributed by atoms with Crippen molar-refractivity contribution in [3.8, 4) is 0 Å². The molecule has 1 aliphatic rings. The third kappa shape index (κ3) is 2.65. The molecular formula is C11H11BrFNO4S. The van der Waals surface area contributed by atoms with E-state index in [4.69, 9.17) is 5.11 Å². The van der Waals surface area contributed by atoms with Crippen LogP contribution >= 0.6 is 15.9 Å². The summed E-state index contributed by atoms with van der Waals surface area (Å²) >= 11 is 2.94. The van der Waals surface area contributed by atoms with Crippen LogP contribution in [0.1, 0.15) is 12.8 Å². The van der Waals surface area contributed by atoms with Crippen LogP contribution in [0.15, 0.2) is 27.6 Å². The molecule has 0 amide bonds. The van der Waals surface area contributed by atoms with Crippen molar-refractivity contribution in [2.45, 2.75) is 23.8 Å². The second-order valence-corrected chi connectivity index (χ2v) is 6.93. The van der Waals surface area contributed by atoms with Crippen molar-refractivity contribution < 1.29 is 22.7 Å². The summed E-state index contributed by atoms with van der Waals surface area (Å²) in [5, 5.41) is 9.00. The number of halogens is 2. The van der Waals surface area contributed by atoms with Gasteiger partial charge in [0.1, 0.15) is 11.9 Å². The van der Waals surface area contributed by atoms with Gasteiger partial charge < -0.3 is 5.11 Å². The summed E-state index contributed by atoms with van der Waals surface area (Å²) in [4.78, 5) is 10.8. The highest BCUT2D eigenvalue weighted by Crippen LogP contribution is 2.28. The van der Waals surface area contributed by atoms with E-state index in [1.54, 1.807) is 0 Å². The number of sulfonamides is 1. The lowest BCUT2D eigenvalue weighted by Crippen LogP contribution is -2.40. The molecule has 8 heteroatoms. The number of benzene rings is 1. The smallest absolute Gasteiger partial charge is 0.322 e. The summed E-state index contributed by atoms with van der Waals surface area (Å²) in [5.41, 5.74) is 0. The van der Waals surface area contributed by atoms with E-state index in [9.17, 15) is 17.6 Å². The molecule has 0 spiro atoms. The maximum Gasteiger partial charge on any atom is 0.322 e. The lowest BCUT2D eigenvalue weighted by molar-refractivity contribution is -0.140. The topological polar surface area (TPSA) is 74.7 Å². The Labute approximate surface area is 118 Å². The van der Waals surface area contributed by atoms with Gasteiger partial charge in [-0.2, -0.15) is 4.31 Å². The molecule has 1 atom stereocenters. The highest BCUT2D eigenvalue weighted by atomic mass is 79.9. The van der Waals surface area contributed by atoms with Gasteiger partial charge in [-0.3, -0.25) is 4.79 Å². The first-order chi connectivity index (χ1) is 8.84. The number of rotatable bonds is 3. The number of carboxylic acids is 1. The summed E-state index contributed by atoms with van der Waals surface area (Å²) in [7, 11) is -3.98. The zero-order chi connectivity index (χ0) is 14.2. The SMILES string of the molecule is O=C(O)C1CCCN1S(=O)(=O)c1ccc(Br)c(F)c1. The largest absolute Gasteiger partial charge is 0.480 e. The van der Waals surface area contributed by atoms with Crippen molar-refractivity contribution in [3.05, 3.63) is 28.5 Å². The maximum absolute atomic E-state index is 13.4. The molecule has 0 saturated carbocycles. The first-order valence-corrected chi connectivity index (χ1v) is 7.77. The molecule has 1 saturated heterocycles. The number of aliphatic carboxylic acids is 1. The zero-order valence-corrected chi connectivity index (χ0v) is 12.1. The number of carboxylic acid groups (broad SMARTS) is 1. The Morgan fingerprint density at radius 3 is 2.74 bits per heavy atom. The van der Waals surface area contributed by atoms with Crippen LogP contribution in [0.2, 0.25) is 0 Å². The van der Waals surface area contributed by atoms with Gasteiger partial charge in [0.2, 0.25) is 10.0 Å². The Morgan fingerprint density at radius 2 is 2.16 bits per heavy atom. The Kier molecular flexibility index (Phi) is 3.93. The fraction of sp³-hybridized carbons (Fsp3) is 0.364. The molecule has 1 N–H and O–H groups in total. The van der Waals surface area contributed by atoms with Gasteiger partial charge in [-0.1, -0.05) is 0 Å². The fourth-order valence-corrected chi connectivity index (χ4v) is 3.96. The lowest BCUT2D eigenvalue weighted by atomic mass is 10.2. The van der Waals surface area contributed by atoms with E-state index in [0.717, 1.165) is 10.4 Å². The van der Waals surface area contributed by atoms with Crippen LogP contribution in [0.5, 0.6) is 0 Å². The van der Waals surface area contributed by atoms with E-state index >= 15 is 0 Å². The second kappa shape index (κ2) is 5.18. The van der Waals surface area contributed by atoms with Crippen molar-refractivity contribution in [1.29, 1.82) is 0 Å². The maximum atomic E-state index is 13.4.